The van der Waals surface area contributed by atoms with Crippen molar-refractivity contribution >= 4 is 20.9 Å². The highest BCUT2D eigenvalue weighted by Crippen LogP contribution is 2.34. The average Bonchev–Trinajstić information content (AvgIpc) is 2.69. The first-order chi connectivity index (χ1) is 12.6. The third-order valence-corrected chi connectivity index (χ3v) is 3.59. The van der Waals surface area contributed by atoms with Gasteiger partial charge < -0.3 is 14.2 Å². The molecule has 0 fully saturated rings. The van der Waals surface area contributed by atoms with E-state index >= 15 is 0 Å². The molecule has 2 rings (SSSR count). The molecule has 2 aromatic rings. The topological polar surface area (TPSA) is 78.9 Å². The molecule has 0 saturated carbocycles. The van der Waals surface area contributed by atoms with Gasteiger partial charge in [-0.2, -0.15) is 0 Å². The van der Waals surface area contributed by atoms with Crippen LogP contribution in [0.4, 0.5) is 0 Å². The molecule has 7 heteroatoms. The van der Waals surface area contributed by atoms with E-state index in [1.807, 2.05) is 6.07 Å². The molecule has 26 heavy (non-hydrogen) atoms. The molecule has 6 nitrogen and oxygen atoms in total. The zero-order valence-electron chi connectivity index (χ0n) is 14.9. The van der Waals surface area contributed by atoms with Crippen molar-refractivity contribution < 1.29 is 28.4 Å². The van der Waals surface area contributed by atoms with E-state index in [0.29, 0.717) is 17.1 Å². The van der Waals surface area contributed by atoms with Crippen molar-refractivity contribution in [3.05, 3.63) is 59.7 Å². The molecule has 0 amide bonds. The number of ketones is 1. The van der Waals surface area contributed by atoms with Gasteiger partial charge >= 0.3 is 5.97 Å². The quantitative estimate of drug-likeness (QED) is 0.317. The minimum Gasteiger partial charge on any atom is -0.496 e. The summed E-state index contributed by atoms with van der Waals surface area (Å²) in [5.74, 6) is -1.39. The minimum atomic E-state index is -1.07. The summed E-state index contributed by atoms with van der Waals surface area (Å²) in [4.78, 5) is 25.6. The van der Waals surface area contributed by atoms with Gasteiger partial charge in [0.2, 0.25) is 0 Å². The van der Waals surface area contributed by atoms with Crippen molar-refractivity contribution in [3.63, 3.8) is 0 Å². The third kappa shape index (κ3) is 4.90. The van der Waals surface area contributed by atoms with Crippen LogP contribution in [0.3, 0.4) is 0 Å². The molecule has 0 radical (unpaired) electrons. The lowest BCUT2D eigenvalue weighted by molar-refractivity contribution is -0.143. The SMILES string of the molecule is CCOC(=O)C(C(=O)c1c(OC)cccc1OC)c1ccccc1.O=P. The predicted octanol–water partition coefficient (Wildman–Crippen LogP) is 3.71. The van der Waals surface area contributed by atoms with Gasteiger partial charge in [0.25, 0.3) is 0 Å². The number of carbonyl (C=O) groups excluding carboxylic acids is 2. The Labute approximate surface area is 154 Å². The van der Waals surface area contributed by atoms with Crippen LogP contribution in [0.15, 0.2) is 48.5 Å². The standard InChI is InChI=1S/C19H20O5.HOP/c1-4-24-19(21)16(13-9-6-5-7-10-13)18(20)17-14(22-2)11-8-12-15(17)23-3;1-2/h5-12,16H,4H2,1-3H3;2H. The maximum atomic E-state index is 13.2. The van der Waals surface area contributed by atoms with Crippen LogP contribution < -0.4 is 9.47 Å². The van der Waals surface area contributed by atoms with Crippen LogP contribution >= 0.6 is 9.12 Å². The van der Waals surface area contributed by atoms with Crippen LogP contribution in [0.1, 0.15) is 28.8 Å². The van der Waals surface area contributed by atoms with E-state index in [1.165, 1.54) is 14.2 Å². The highest BCUT2D eigenvalue weighted by Gasteiger charge is 2.34. The van der Waals surface area contributed by atoms with Crippen LogP contribution in [-0.4, -0.2) is 32.6 Å². The molecule has 0 bridgehead atoms. The predicted molar refractivity (Wildman–Crippen MR) is 98.7 cm³/mol. The Kier molecular flexibility index (Phi) is 9.02. The van der Waals surface area contributed by atoms with Gasteiger partial charge in [-0.15, -0.1) is 0 Å². The molecular formula is C19H21O6P. The maximum absolute atomic E-state index is 13.2. The molecule has 0 aliphatic rings. The zero-order valence-corrected chi connectivity index (χ0v) is 15.9. The lowest BCUT2D eigenvalue weighted by Gasteiger charge is -2.18. The van der Waals surface area contributed by atoms with Gasteiger partial charge in [0, 0.05) is 0 Å². The fourth-order valence-corrected chi connectivity index (χ4v) is 2.50. The summed E-state index contributed by atoms with van der Waals surface area (Å²) in [5, 5.41) is 0. The molecule has 1 atom stereocenters. The molecule has 0 spiro atoms. The smallest absolute Gasteiger partial charge is 0.321 e. The number of benzene rings is 2. The first-order valence-corrected chi connectivity index (χ1v) is 8.22. The van der Waals surface area contributed by atoms with E-state index in [1.54, 1.807) is 58.5 Å². The van der Waals surface area contributed by atoms with Gasteiger partial charge in [-0.25, -0.2) is 0 Å². The van der Waals surface area contributed by atoms with Crippen LogP contribution in [0.5, 0.6) is 11.5 Å². The molecule has 1 unspecified atom stereocenters. The number of methoxy groups -OCH3 is 2. The number of rotatable bonds is 7. The Balaban J connectivity index is 0.00000163. The number of ether oxygens (including phenoxy) is 3. The number of carbonyl (C=O) groups is 2. The summed E-state index contributed by atoms with van der Waals surface area (Å²) >= 11 is 0. The Bertz CT molecular complexity index is 710. The van der Waals surface area contributed by atoms with E-state index in [0.717, 1.165) is 0 Å². The molecule has 0 N–H and O–H groups in total. The van der Waals surface area contributed by atoms with Crippen molar-refractivity contribution in [1.29, 1.82) is 0 Å². The van der Waals surface area contributed by atoms with E-state index in [2.05, 4.69) is 0 Å². The van der Waals surface area contributed by atoms with Gasteiger partial charge in [0.05, 0.1) is 20.8 Å². The number of hydrogen-bond acceptors (Lipinski definition) is 6. The number of esters is 1. The van der Waals surface area contributed by atoms with Gasteiger partial charge in [0.15, 0.2) is 5.78 Å². The molecule has 0 aromatic heterocycles. The van der Waals surface area contributed by atoms with E-state index in [9.17, 15) is 9.59 Å². The van der Waals surface area contributed by atoms with Crippen molar-refractivity contribution in [2.24, 2.45) is 0 Å². The van der Waals surface area contributed by atoms with Gasteiger partial charge in [-0.3, -0.25) is 14.2 Å². The molecule has 0 aliphatic heterocycles. The lowest BCUT2D eigenvalue weighted by Crippen LogP contribution is -2.25. The Morgan fingerprint density at radius 2 is 1.46 bits per heavy atom. The first kappa shape index (κ1) is 21.3. The summed E-state index contributed by atoms with van der Waals surface area (Å²) in [6, 6.07) is 13.8. The average molecular weight is 376 g/mol. The van der Waals surface area contributed by atoms with Crippen molar-refractivity contribution in [2.45, 2.75) is 12.8 Å². The van der Waals surface area contributed by atoms with Crippen LogP contribution in [0.2, 0.25) is 0 Å². The van der Waals surface area contributed by atoms with E-state index < -0.39 is 17.7 Å². The summed E-state index contributed by atoms with van der Waals surface area (Å²) in [6.07, 6.45) is 0. The second-order valence-corrected chi connectivity index (χ2v) is 5.00. The molecule has 2 aromatic carbocycles. The summed E-state index contributed by atoms with van der Waals surface area (Å²) in [5.41, 5.74) is 0.790. The molecular weight excluding hydrogens is 355 g/mol. The second-order valence-electron chi connectivity index (χ2n) is 5.00. The molecule has 0 heterocycles. The third-order valence-electron chi connectivity index (χ3n) is 3.59. The van der Waals surface area contributed by atoms with Crippen molar-refractivity contribution in [1.82, 2.24) is 0 Å². The van der Waals surface area contributed by atoms with E-state index in [-0.39, 0.29) is 12.2 Å². The van der Waals surface area contributed by atoms with Crippen LogP contribution in [-0.2, 0) is 14.1 Å². The Morgan fingerprint density at radius 3 is 1.92 bits per heavy atom. The Morgan fingerprint density at radius 1 is 0.923 bits per heavy atom. The normalized spacial score (nSPS) is 10.7. The highest BCUT2D eigenvalue weighted by atomic mass is 31.0. The van der Waals surface area contributed by atoms with Gasteiger partial charge in [-0.05, 0) is 24.6 Å². The fraction of sp³-hybridized carbons (Fsp3) is 0.263. The Hall–Kier alpha value is -2.72. The maximum Gasteiger partial charge on any atom is 0.321 e. The van der Waals surface area contributed by atoms with Gasteiger partial charge in [-0.1, -0.05) is 36.4 Å². The molecule has 0 aliphatic carbocycles. The van der Waals surface area contributed by atoms with Crippen molar-refractivity contribution in [3.8, 4) is 11.5 Å². The summed E-state index contributed by atoms with van der Waals surface area (Å²) in [7, 11) is 4.65. The first-order valence-electron chi connectivity index (χ1n) is 7.81. The lowest BCUT2D eigenvalue weighted by atomic mass is 9.89. The summed E-state index contributed by atoms with van der Waals surface area (Å²) in [6.45, 7) is 1.90. The van der Waals surface area contributed by atoms with E-state index in [4.69, 9.17) is 18.8 Å². The van der Waals surface area contributed by atoms with Gasteiger partial charge in [0.1, 0.15) is 32.1 Å². The molecule has 138 valence electrons. The number of Topliss-reactive ketones (excluding diaryl/α,β-unsaturated/α-hetero) is 1. The largest absolute Gasteiger partial charge is 0.496 e. The summed E-state index contributed by atoms with van der Waals surface area (Å²) < 4.78 is 23.7. The molecule has 0 saturated heterocycles. The zero-order chi connectivity index (χ0) is 19.5. The highest BCUT2D eigenvalue weighted by molar-refractivity contribution is 7.00. The number of hydrogen-bond donors (Lipinski definition) is 0. The van der Waals surface area contributed by atoms with Crippen LogP contribution in [0.25, 0.3) is 0 Å². The fourth-order valence-electron chi connectivity index (χ4n) is 2.50. The van der Waals surface area contributed by atoms with Crippen molar-refractivity contribution in [2.75, 3.05) is 20.8 Å². The monoisotopic (exact) mass is 376 g/mol. The second kappa shape index (κ2) is 11.0. The van der Waals surface area contributed by atoms with Crippen LogP contribution in [0, 0.1) is 0 Å². The minimum absolute atomic E-state index is 0.193.